The summed E-state index contributed by atoms with van der Waals surface area (Å²) in [5.41, 5.74) is 0.582. The minimum Gasteiger partial charge on any atom is -0.497 e. The number of methoxy groups -OCH3 is 1. The minimum atomic E-state index is -2.91. The van der Waals surface area contributed by atoms with Crippen LogP contribution in [-0.4, -0.2) is 32.8 Å². The molecule has 1 aromatic rings. The molecule has 0 aliphatic carbocycles. The van der Waals surface area contributed by atoms with Crippen molar-refractivity contribution in [2.24, 2.45) is 5.92 Å². The van der Waals surface area contributed by atoms with Crippen molar-refractivity contribution in [2.45, 2.75) is 12.8 Å². The van der Waals surface area contributed by atoms with Crippen LogP contribution in [0.1, 0.15) is 23.2 Å². The Balaban J connectivity index is 2.04. The lowest BCUT2D eigenvalue weighted by Crippen LogP contribution is -2.10. The number of sulfone groups is 1. The Hall–Kier alpha value is -1.36. The standard InChI is InChI=1S/C13H16O4S/c1-17-12-4-2-3-11(8-12)13(14)7-10-5-6-18(15,16)9-10/h2-4,8,10H,5-7,9H2,1H3. The molecule has 0 amide bonds. The number of benzene rings is 1. The molecule has 98 valence electrons. The fraction of sp³-hybridized carbons (Fsp3) is 0.462. The third-order valence-electron chi connectivity index (χ3n) is 3.19. The molecule has 1 aromatic carbocycles. The van der Waals surface area contributed by atoms with Crippen molar-refractivity contribution in [3.05, 3.63) is 29.8 Å². The van der Waals surface area contributed by atoms with Crippen molar-refractivity contribution < 1.29 is 17.9 Å². The van der Waals surface area contributed by atoms with Gasteiger partial charge in [0, 0.05) is 12.0 Å². The van der Waals surface area contributed by atoms with Gasteiger partial charge in [-0.25, -0.2) is 8.42 Å². The number of hydrogen-bond donors (Lipinski definition) is 0. The molecule has 2 rings (SSSR count). The molecule has 1 aliphatic heterocycles. The minimum absolute atomic E-state index is 0.0176. The van der Waals surface area contributed by atoms with Crippen LogP contribution in [0.5, 0.6) is 5.75 Å². The van der Waals surface area contributed by atoms with Crippen molar-refractivity contribution in [1.82, 2.24) is 0 Å². The SMILES string of the molecule is COc1cccc(C(=O)CC2CCS(=O)(=O)C2)c1. The van der Waals surface area contributed by atoms with Crippen LogP contribution in [0, 0.1) is 5.92 Å². The molecule has 1 unspecified atom stereocenters. The van der Waals surface area contributed by atoms with E-state index in [1.54, 1.807) is 31.4 Å². The second-order valence-electron chi connectivity index (χ2n) is 4.63. The normalized spacial score (nSPS) is 21.7. The zero-order chi connectivity index (χ0) is 13.2. The molecule has 0 saturated carbocycles. The van der Waals surface area contributed by atoms with Gasteiger partial charge in [0.2, 0.25) is 0 Å². The second kappa shape index (κ2) is 5.10. The fourth-order valence-corrected chi connectivity index (χ4v) is 4.07. The summed E-state index contributed by atoms with van der Waals surface area (Å²) >= 11 is 0. The Kier molecular flexibility index (Phi) is 3.71. The topological polar surface area (TPSA) is 60.4 Å². The van der Waals surface area contributed by atoms with Gasteiger partial charge in [-0.05, 0) is 24.5 Å². The summed E-state index contributed by atoms with van der Waals surface area (Å²) < 4.78 is 27.7. The van der Waals surface area contributed by atoms with Gasteiger partial charge in [0.15, 0.2) is 15.6 Å². The number of carbonyl (C=O) groups excluding carboxylic acids is 1. The van der Waals surface area contributed by atoms with Crippen LogP contribution in [0.25, 0.3) is 0 Å². The number of ketones is 1. The molecule has 5 heteroatoms. The summed E-state index contributed by atoms with van der Waals surface area (Å²) in [6, 6.07) is 6.95. The summed E-state index contributed by atoms with van der Waals surface area (Å²) in [4.78, 5) is 12.0. The third kappa shape index (κ3) is 3.10. The zero-order valence-electron chi connectivity index (χ0n) is 10.3. The first-order valence-electron chi connectivity index (χ1n) is 5.88. The average molecular weight is 268 g/mol. The molecular formula is C13H16O4S. The van der Waals surface area contributed by atoms with E-state index in [0.29, 0.717) is 24.2 Å². The molecule has 1 atom stereocenters. The van der Waals surface area contributed by atoms with E-state index in [-0.39, 0.29) is 23.2 Å². The summed E-state index contributed by atoms with van der Waals surface area (Å²) in [6.45, 7) is 0. The number of ether oxygens (including phenoxy) is 1. The Labute approximate surface area is 107 Å². The summed E-state index contributed by atoms with van der Waals surface area (Å²) in [5.74, 6) is 0.941. The molecule has 1 saturated heterocycles. The van der Waals surface area contributed by atoms with E-state index in [1.165, 1.54) is 0 Å². The van der Waals surface area contributed by atoms with Gasteiger partial charge in [-0.2, -0.15) is 0 Å². The maximum Gasteiger partial charge on any atom is 0.163 e. The first-order chi connectivity index (χ1) is 8.50. The number of carbonyl (C=O) groups is 1. The lowest BCUT2D eigenvalue weighted by molar-refractivity contribution is 0.0965. The molecule has 0 bridgehead atoms. The highest BCUT2D eigenvalue weighted by atomic mass is 32.2. The molecule has 1 heterocycles. The maximum absolute atomic E-state index is 12.0. The average Bonchev–Trinajstić information content (AvgIpc) is 2.68. The van der Waals surface area contributed by atoms with Gasteiger partial charge in [0.25, 0.3) is 0 Å². The first kappa shape index (κ1) is 13.1. The lowest BCUT2D eigenvalue weighted by atomic mass is 9.98. The van der Waals surface area contributed by atoms with Crippen LogP contribution in [0.15, 0.2) is 24.3 Å². The van der Waals surface area contributed by atoms with Crippen molar-refractivity contribution in [3.8, 4) is 5.75 Å². The summed E-state index contributed by atoms with van der Waals surface area (Å²) in [6.07, 6.45) is 0.893. The van der Waals surface area contributed by atoms with Crippen LogP contribution in [-0.2, 0) is 9.84 Å². The predicted molar refractivity (Wildman–Crippen MR) is 68.7 cm³/mol. The Morgan fingerprint density at radius 3 is 2.83 bits per heavy atom. The van der Waals surface area contributed by atoms with Crippen LogP contribution >= 0.6 is 0 Å². The predicted octanol–water partition coefficient (Wildman–Crippen LogP) is 1.70. The largest absolute Gasteiger partial charge is 0.497 e. The second-order valence-corrected chi connectivity index (χ2v) is 6.86. The van der Waals surface area contributed by atoms with Gasteiger partial charge in [-0.15, -0.1) is 0 Å². The van der Waals surface area contributed by atoms with Crippen LogP contribution < -0.4 is 4.74 Å². The quantitative estimate of drug-likeness (QED) is 0.780. The highest BCUT2D eigenvalue weighted by Crippen LogP contribution is 2.24. The van der Waals surface area contributed by atoms with E-state index >= 15 is 0 Å². The van der Waals surface area contributed by atoms with Crippen molar-refractivity contribution >= 4 is 15.6 Å². The van der Waals surface area contributed by atoms with E-state index < -0.39 is 9.84 Å². The van der Waals surface area contributed by atoms with Gasteiger partial charge in [0.1, 0.15) is 5.75 Å². The van der Waals surface area contributed by atoms with Gasteiger partial charge in [-0.3, -0.25) is 4.79 Å². The summed E-state index contributed by atoms with van der Waals surface area (Å²) in [5, 5.41) is 0. The van der Waals surface area contributed by atoms with Gasteiger partial charge in [-0.1, -0.05) is 12.1 Å². The van der Waals surface area contributed by atoms with Gasteiger partial charge < -0.3 is 4.74 Å². The van der Waals surface area contributed by atoms with E-state index in [4.69, 9.17) is 4.74 Å². The molecule has 0 radical (unpaired) electrons. The lowest BCUT2D eigenvalue weighted by Gasteiger charge is -2.07. The molecule has 18 heavy (non-hydrogen) atoms. The molecular weight excluding hydrogens is 252 g/mol. The highest BCUT2D eigenvalue weighted by molar-refractivity contribution is 7.91. The molecule has 1 fully saturated rings. The van der Waals surface area contributed by atoms with E-state index in [2.05, 4.69) is 0 Å². The molecule has 4 nitrogen and oxygen atoms in total. The number of rotatable bonds is 4. The number of hydrogen-bond acceptors (Lipinski definition) is 4. The third-order valence-corrected chi connectivity index (χ3v) is 5.03. The molecule has 0 aromatic heterocycles. The molecule has 0 spiro atoms. The van der Waals surface area contributed by atoms with Crippen molar-refractivity contribution in [2.75, 3.05) is 18.6 Å². The highest BCUT2D eigenvalue weighted by Gasteiger charge is 2.29. The van der Waals surface area contributed by atoms with E-state index in [9.17, 15) is 13.2 Å². The zero-order valence-corrected chi connectivity index (χ0v) is 11.1. The van der Waals surface area contributed by atoms with Crippen LogP contribution in [0.4, 0.5) is 0 Å². The molecule has 1 aliphatic rings. The van der Waals surface area contributed by atoms with E-state index in [1.807, 2.05) is 0 Å². The smallest absolute Gasteiger partial charge is 0.163 e. The monoisotopic (exact) mass is 268 g/mol. The van der Waals surface area contributed by atoms with Crippen LogP contribution in [0.3, 0.4) is 0 Å². The first-order valence-corrected chi connectivity index (χ1v) is 7.70. The number of Topliss-reactive ketones (excluding diaryl/α,β-unsaturated/α-hetero) is 1. The summed E-state index contributed by atoms with van der Waals surface area (Å²) in [7, 11) is -1.36. The van der Waals surface area contributed by atoms with E-state index in [0.717, 1.165) is 0 Å². The van der Waals surface area contributed by atoms with Crippen molar-refractivity contribution in [1.29, 1.82) is 0 Å². The Morgan fingerprint density at radius 2 is 2.22 bits per heavy atom. The Morgan fingerprint density at radius 1 is 1.44 bits per heavy atom. The molecule has 0 N–H and O–H groups in total. The Bertz CT molecular complexity index is 548. The van der Waals surface area contributed by atoms with Gasteiger partial charge in [0.05, 0.1) is 18.6 Å². The van der Waals surface area contributed by atoms with Gasteiger partial charge >= 0.3 is 0 Å². The maximum atomic E-state index is 12.0. The fourth-order valence-electron chi connectivity index (χ4n) is 2.21. The van der Waals surface area contributed by atoms with Crippen LogP contribution in [0.2, 0.25) is 0 Å². The van der Waals surface area contributed by atoms with Crippen molar-refractivity contribution in [3.63, 3.8) is 0 Å².